The van der Waals surface area contributed by atoms with Crippen LogP contribution in [0.2, 0.25) is 0 Å². The minimum atomic E-state index is -0.418. The SMILES string of the molecule is COC(=O)c1ccc(NC(=O)c2csc(-n3cccc3)n2)cc1. The van der Waals surface area contributed by atoms with Gasteiger partial charge in [0, 0.05) is 23.5 Å². The Bertz CT molecular complexity index is 823. The Kier molecular flexibility index (Phi) is 4.20. The van der Waals surface area contributed by atoms with Gasteiger partial charge in [-0.05, 0) is 36.4 Å². The number of anilines is 1. The maximum Gasteiger partial charge on any atom is 0.337 e. The first-order valence-corrected chi connectivity index (χ1v) is 7.64. The van der Waals surface area contributed by atoms with E-state index in [0.29, 0.717) is 16.9 Å². The van der Waals surface area contributed by atoms with Crippen molar-refractivity contribution in [3.8, 4) is 5.13 Å². The van der Waals surface area contributed by atoms with E-state index in [9.17, 15) is 9.59 Å². The summed E-state index contributed by atoms with van der Waals surface area (Å²) in [4.78, 5) is 27.9. The van der Waals surface area contributed by atoms with Gasteiger partial charge < -0.3 is 14.6 Å². The van der Waals surface area contributed by atoms with Crippen LogP contribution in [0.5, 0.6) is 0 Å². The normalized spacial score (nSPS) is 10.3. The molecule has 1 N–H and O–H groups in total. The van der Waals surface area contributed by atoms with Crippen molar-refractivity contribution >= 4 is 28.9 Å². The Balaban J connectivity index is 1.71. The van der Waals surface area contributed by atoms with Gasteiger partial charge in [0.25, 0.3) is 5.91 Å². The van der Waals surface area contributed by atoms with Crippen molar-refractivity contribution in [1.29, 1.82) is 0 Å². The monoisotopic (exact) mass is 327 g/mol. The summed E-state index contributed by atoms with van der Waals surface area (Å²) in [5.41, 5.74) is 1.35. The largest absolute Gasteiger partial charge is 0.465 e. The molecule has 0 aliphatic heterocycles. The van der Waals surface area contributed by atoms with Gasteiger partial charge in [0.15, 0.2) is 5.13 Å². The summed E-state index contributed by atoms with van der Waals surface area (Å²) in [6, 6.07) is 10.3. The average molecular weight is 327 g/mol. The lowest BCUT2D eigenvalue weighted by Gasteiger charge is -2.04. The molecule has 2 aromatic heterocycles. The number of hydrogen-bond acceptors (Lipinski definition) is 5. The summed E-state index contributed by atoms with van der Waals surface area (Å²) in [5, 5.41) is 5.17. The standard InChI is InChI=1S/C16H13N3O3S/c1-22-15(21)11-4-6-12(7-5-11)17-14(20)13-10-23-16(18-13)19-8-2-3-9-19/h2-10H,1H3,(H,17,20). The number of thiazole rings is 1. The van der Waals surface area contributed by atoms with Gasteiger partial charge in [0.1, 0.15) is 5.69 Å². The number of methoxy groups -OCH3 is 1. The van der Waals surface area contributed by atoms with Crippen LogP contribution in [0.4, 0.5) is 5.69 Å². The van der Waals surface area contributed by atoms with Crippen molar-refractivity contribution in [3.63, 3.8) is 0 Å². The van der Waals surface area contributed by atoms with Gasteiger partial charge in [-0.3, -0.25) is 4.79 Å². The molecule has 6 nitrogen and oxygen atoms in total. The van der Waals surface area contributed by atoms with Crippen molar-refractivity contribution in [2.75, 3.05) is 12.4 Å². The highest BCUT2D eigenvalue weighted by molar-refractivity contribution is 7.12. The maximum absolute atomic E-state index is 12.2. The third kappa shape index (κ3) is 3.29. The van der Waals surface area contributed by atoms with Gasteiger partial charge in [0.05, 0.1) is 12.7 Å². The summed E-state index contributed by atoms with van der Waals surface area (Å²) in [7, 11) is 1.32. The molecule has 0 aliphatic carbocycles. The number of nitrogens with one attached hydrogen (secondary N) is 1. The molecule has 3 rings (SSSR count). The first-order chi connectivity index (χ1) is 11.2. The second-order valence-corrected chi connectivity index (χ2v) is 5.47. The Morgan fingerprint density at radius 3 is 2.52 bits per heavy atom. The lowest BCUT2D eigenvalue weighted by molar-refractivity contribution is 0.0600. The summed E-state index contributed by atoms with van der Waals surface area (Å²) < 4.78 is 6.47. The van der Waals surface area contributed by atoms with Crippen LogP contribution in [0.15, 0.2) is 54.2 Å². The number of ether oxygens (including phenoxy) is 1. The van der Waals surface area contributed by atoms with Gasteiger partial charge in [-0.15, -0.1) is 11.3 Å². The van der Waals surface area contributed by atoms with Gasteiger partial charge in [-0.2, -0.15) is 0 Å². The van der Waals surface area contributed by atoms with Crippen molar-refractivity contribution in [2.45, 2.75) is 0 Å². The Morgan fingerprint density at radius 2 is 1.87 bits per heavy atom. The first-order valence-electron chi connectivity index (χ1n) is 6.76. The molecule has 0 fully saturated rings. The number of amides is 1. The quantitative estimate of drug-likeness (QED) is 0.748. The van der Waals surface area contributed by atoms with Gasteiger partial charge in [-0.1, -0.05) is 0 Å². The topological polar surface area (TPSA) is 73.2 Å². The molecule has 0 saturated carbocycles. The molecule has 1 aromatic carbocycles. The zero-order valence-electron chi connectivity index (χ0n) is 12.2. The third-order valence-corrected chi connectivity index (χ3v) is 3.97. The highest BCUT2D eigenvalue weighted by atomic mass is 32.1. The fraction of sp³-hybridized carbons (Fsp3) is 0.0625. The molecular weight excluding hydrogens is 314 g/mol. The zero-order valence-corrected chi connectivity index (χ0v) is 13.0. The molecule has 0 radical (unpaired) electrons. The number of nitrogens with zero attached hydrogens (tertiary/aromatic N) is 2. The van der Waals surface area contributed by atoms with E-state index in [1.807, 2.05) is 29.1 Å². The molecule has 2 heterocycles. The maximum atomic E-state index is 12.2. The van der Waals surface area contributed by atoms with Crippen LogP contribution < -0.4 is 5.32 Å². The first kappa shape index (κ1) is 15.0. The number of benzene rings is 1. The molecule has 116 valence electrons. The molecule has 0 unspecified atom stereocenters. The third-order valence-electron chi connectivity index (χ3n) is 3.11. The average Bonchev–Trinajstić information content (AvgIpc) is 3.25. The molecule has 7 heteroatoms. The number of carbonyl (C=O) groups is 2. The fourth-order valence-corrected chi connectivity index (χ4v) is 2.72. The molecule has 0 spiro atoms. The van der Waals surface area contributed by atoms with Crippen LogP contribution in [0.3, 0.4) is 0 Å². The minimum absolute atomic E-state index is 0.300. The molecule has 0 bridgehead atoms. The van der Waals surface area contributed by atoms with Crippen LogP contribution in [0.1, 0.15) is 20.8 Å². The predicted octanol–water partition coefficient (Wildman–Crippen LogP) is 2.97. The van der Waals surface area contributed by atoms with Crippen LogP contribution in [-0.4, -0.2) is 28.5 Å². The molecule has 3 aromatic rings. The van der Waals surface area contributed by atoms with E-state index in [2.05, 4.69) is 15.0 Å². The van der Waals surface area contributed by atoms with E-state index in [0.717, 1.165) is 5.13 Å². The van der Waals surface area contributed by atoms with E-state index < -0.39 is 5.97 Å². The summed E-state index contributed by atoms with van der Waals surface area (Å²) in [6.45, 7) is 0. The number of hydrogen-bond donors (Lipinski definition) is 1. The number of aromatic nitrogens is 2. The predicted molar refractivity (Wildman–Crippen MR) is 87.2 cm³/mol. The zero-order chi connectivity index (χ0) is 16.2. The van der Waals surface area contributed by atoms with E-state index in [1.165, 1.54) is 18.4 Å². The van der Waals surface area contributed by atoms with Crippen LogP contribution in [-0.2, 0) is 4.74 Å². The van der Waals surface area contributed by atoms with Crippen molar-refractivity contribution in [3.05, 3.63) is 65.4 Å². The molecule has 0 aliphatic rings. The highest BCUT2D eigenvalue weighted by Crippen LogP contribution is 2.17. The number of rotatable bonds is 4. The van der Waals surface area contributed by atoms with Crippen LogP contribution >= 0.6 is 11.3 Å². The summed E-state index contributed by atoms with van der Waals surface area (Å²) in [5.74, 6) is -0.718. The van der Waals surface area contributed by atoms with E-state index in [4.69, 9.17) is 0 Å². The summed E-state index contributed by atoms with van der Waals surface area (Å²) in [6.07, 6.45) is 3.73. The number of carbonyl (C=O) groups excluding carboxylic acids is 2. The van der Waals surface area contributed by atoms with Crippen LogP contribution in [0.25, 0.3) is 5.13 Å². The van der Waals surface area contributed by atoms with E-state index in [1.54, 1.807) is 29.6 Å². The Labute approximate surface area is 136 Å². The Morgan fingerprint density at radius 1 is 1.17 bits per heavy atom. The molecular formula is C16H13N3O3S. The smallest absolute Gasteiger partial charge is 0.337 e. The minimum Gasteiger partial charge on any atom is -0.465 e. The highest BCUT2D eigenvalue weighted by Gasteiger charge is 2.12. The fourth-order valence-electron chi connectivity index (χ4n) is 1.95. The van der Waals surface area contributed by atoms with E-state index >= 15 is 0 Å². The molecule has 23 heavy (non-hydrogen) atoms. The van der Waals surface area contributed by atoms with Gasteiger partial charge in [-0.25, -0.2) is 9.78 Å². The van der Waals surface area contributed by atoms with Crippen molar-refractivity contribution in [2.24, 2.45) is 0 Å². The molecule has 0 atom stereocenters. The lowest BCUT2D eigenvalue weighted by Crippen LogP contribution is -2.12. The Hall–Kier alpha value is -2.93. The van der Waals surface area contributed by atoms with Crippen LogP contribution in [0, 0.1) is 0 Å². The second kappa shape index (κ2) is 6.45. The molecule has 0 saturated heterocycles. The van der Waals surface area contributed by atoms with E-state index in [-0.39, 0.29) is 5.91 Å². The second-order valence-electron chi connectivity index (χ2n) is 4.63. The lowest BCUT2D eigenvalue weighted by atomic mass is 10.2. The molecule has 1 amide bonds. The van der Waals surface area contributed by atoms with Gasteiger partial charge >= 0.3 is 5.97 Å². The van der Waals surface area contributed by atoms with Crippen molar-refractivity contribution < 1.29 is 14.3 Å². The number of esters is 1. The van der Waals surface area contributed by atoms with Crippen molar-refractivity contribution in [1.82, 2.24) is 9.55 Å². The van der Waals surface area contributed by atoms with Gasteiger partial charge in [0.2, 0.25) is 0 Å². The summed E-state index contributed by atoms with van der Waals surface area (Å²) >= 11 is 1.39.